The van der Waals surface area contributed by atoms with Gasteiger partial charge in [-0.2, -0.15) is 0 Å². The van der Waals surface area contributed by atoms with Gasteiger partial charge in [0.05, 0.1) is 63.1 Å². The summed E-state index contributed by atoms with van der Waals surface area (Å²) in [6.45, 7) is 2.85. The number of carbonyl (C=O) groups excluding carboxylic acids is 7. The molecule has 0 radical (unpaired) electrons. The zero-order chi connectivity index (χ0) is 66.3. The van der Waals surface area contributed by atoms with Gasteiger partial charge in [0.1, 0.15) is 46.3 Å². The van der Waals surface area contributed by atoms with Crippen LogP contribution in [-0.2, 0) is 51.3 Å². The number of amides is 7. The third-order valence-corrected chi connectivity index (χ3v) is 17.2. The number of nitrogens with one attached hydrogen (secondary N) is 5. The number of aliphatic hydroxyl groups excluding tert-OH is 6. The molecule has 16 N–H and O–H groups in total. The number of rotatable bonds is 21. The van der Waals surface area contributed by atoms with E-state index in [-0.39, 0.29) is 55.3 Å². The Morgan fingerprint density at radius 3 is 1.95 bits per heavy atom. The van der Waals surface area contributed by atoms with E-state index in [2.05, 4.69) is 36.8 Å². The third kappa shape index (κ3) is 17.5. The normalized spacial score (nSPS) is 24.7. The molecule has 8 rings (SSSR count). The van der Waals surface area contributed by atoms with E-state index >= 15 is 0 Å². The molecule has 13 atom stereocenters. The molecular formula is C63H81N11O17S. The lowest BCUT2D eigenvalue weighted by molar-refractivity contribution is -0.147. The van der Waals surface area contributed by atoms with Crippen molar-refractivity contribution >= 4 is 52.7 Å². The van der Waals surface area contributed by atoms with Crippen LogP contribution in [0.2, 0.25) is 0 Å². The molecule has 3 aliphatic heterocycles. The van der Waals surface area contributed by atoms with Gasteiger partial charge in [0.15, 0.2) is 11.5 Å². The summed E-state index contributed by atoms with van der Waals surface area (Å²) >= 11 is 1.31. The van der Waals surface area contributed by atoms with Crippen LogP contribution in [0, 0.1) is 5.92 Å². The summed E-state index contributed by atoms with van der Waals surface area (Å²) in [6, 6.07) is 15.1. The van der Waals surface area contributed by atoms with E-state index in [0.717, 1.165) is 39.0 Å². The predicted molar refractivity (Wildman–Crippen MR) is 334 cm³/mol. The molecule has 28 nitrogen and oxygen atoms in total. The summed E-state index contributed by atoms with van der Waals surface area (Å²) in [5.74, 6) is -8.62. The summed E-state index contributed by atoms with van der Waals surface area (Å²) in [7, 11) is 1.62. The highest BCUT2D eigenvalue weighted by atomic mass is 32.1. The molecule has 0 saturated carbocycles. The Labute approximate surface area is 534 Å². The third-order valence-electron chi connectivity index (χ3n) is 16.2. The lowest BCUT2D eigenvalue weighted by Gasteiger charge is -2.34. The topological polar surface area (TPSA) is 433 Å². The SMILES string of the molecule is COCCOCc1ccc(-c2ccc(-c3nnc(-c4ccc(C(=O)NC5C[C@@H](O)CNC(=O)[C@@H]6[C@@H](O)[C@@H](C)CN6C(=O)[C@H]([C@H](O)CCN)NC(=O)[C@H]([C@H](O)Cc6ccc(O)c(OCCCN)c6)NC(=O)[C@@H]6C[C@@H](O)CN6C(=O)[C@H]([C@@H](C)O)NC5=O)cc4)s3)cc2)cc1. The number of aromatic hydroxyl groups is 1. The minimum absolute atomic E-state index is 0.00157. The van der Waals surface area contributed by atoms with Gasteiger partial charge in [-0.05, 0) is 79.4 Å². The molecule has 3 aliphatic rings. The van der Waals surface area contributed by atoms with E-state index < -0.39 is 152 Å². The number of phenolic OH excluding ortho intramolecular Hbond substituents is 1. The number of fused-ring (bicyclic) bond motifs is 2. The number of methoxy groups -OCH3 is 1. The largest absolute Gasteiger partial charge is 0.504 e. The molecule has 1 aromatic heterocycles. The van der Waals surface area contributed by atoms with E-state index in [1.807, 2.05) is 48.5 Å². The molecule has 7 amide bonds. The molecule has 1 unspecified atom stereocenters. The van der Waals surface area contributed by atoms with Crippen LogP contribution in [0.4, 0.5) is 0 Å². The van der Waals surface area contributed by atoms with Crippen LogP contribution in [-0.4, -0.2) is 230 Å². The highest BCUT2D eigenvalue weighted by Gasteiger charge is 2.50. The highest BCUT2D eigenvalue weighted by molar-refractivity contribution is 7.17. The summed E-state index contributed by atoms with van der Waals surface area (Å²) in [6.07, 6.45) is -11.5. The van der Waals surface area contributed by atoms with Gasteiger partial charge in [-0.15, -0.1) is 10.2 Å². The number of nitrogens with zero attached hydrogens (tertiary/aromatic N) is 4. The Balaban J connectivity index is 1.05. The van der Waals surface area contributed by atoms with Gasteiger partial charge in [-0.1, -0.05) is 85.0 Å². The van der Waals surface area contributed by atoms with Crippen LogP contribution in [0.3, 0.4) is 0 Å². The van der Waals surface area contributed by atoms with Gasteiger partial charge in [0, 0.05) is 68.6 Å². The first-order valence-corrected chi connectivity index (χ1v) is 31.1. The number of β-amino-alcohol motifs (C(OH)–C–C–N with tert-alkyl or cyclic N) is 1. The lowest BCUT2D eigenvalue weighted by atomic mass is 9.98. The van der Waals surface area contributed by atoms with Gasteiger partial charge in [0.25, 0.3) is 5.91 Å². The molecule has 3 saturated heterocycles. The van der Waals surface area contributed by atoms with Crippen molar-refractivity contribution in [3.05, 3.63) is 108 Å². The second kappa shape index (κ2) is 32.5. The molecule has 0 spiro atoms. The smallest absolute Gasteiger partial charge is 0.251 e. The fourth-order valence-electron chi connectivity index (χ4n) is 11.1. The lowest BCUT2D eigenvalue weighted by Crippen LogP contribution is -2.64. The molecule has 0 bridgehead atoms. The van der Waals surface area contributed by atoms with Crippen LogP contribution >= 0.6 is 11.3 Å². The molecule has 4 heterocycles. The van der Waals surface area contributed by atoms with Crippen molar-refractivity contribution in [2.45, 2.75) is 125 Å². The molecule has 4 aromatic carbocycles. The van der Waals surface area contributed by atoms with E-state index in [4.69, 9.17) is 25.7 Å². The number of aliphatic hydroxyl groups is 6. The second-order valence-electron chi connectivity index (χ2n) is 23.2. The van der Waals surface area contributed by atoms with E-state index in [0.29, 0.717) is 41.8 Å². The molecule has 5 aromatic rings. The molecular weight excluding hydrogens is 1210 g/mol. The Bertz CT molecular complexity index is 3340. The number of phenols is 1. The minimum atomic E-state index is -2.04. The Kier molecular flexibility index (Phi) is 24.6. The Morgan fingerprint density at radius 2 is 1.30 bits per heavy atom. The zero-order valence-corrected chi connectivity index (χ0v) is 51.9. The maximum Gasteiger partial charge on any atom is 0.251 e. The van der Waals surface area contributed by atoms with E-state index in [1.165, 1.54) is 48.6 Å². The van der Waals surface area contributed by atoms with Crippen molar-refractivity contribution in [2.24, 2.45) is 17.4 Å². The van der Waals surface area contributed by atoms with Crippen molar-refractivity contribution in [2.75, 3.05) is 59.7 Å². The van der Waals surface area contributed by atoms with Crippen molar-refractivity contribution in [3.63, 3.8) is 0 Å². The predicted octanol–water partition coefficient (Wildman–Crippen LogP) is -1.57. The van der Waals surface area contributed by atoms with E-state index in [1.54, 1.807) is 19.2 Å². The maximum atomic E-state index is 14.7. The van der Waals surface area contributed by atoms with Crippen LogP contribution in [0.5, 0.6) is 11.5 Å². The number of hydrogen-bond acceptors (Lipinski definition) is 22. The first-order chi connectivity index (χ1) is 44.1. The van der Waals surface area contributed by atoms with Crippen LogP contribution in [0.1, 0.15) is 61.0 Å². The fourth-order valence-corrected chi connectivity index (χ4v) is 11.9. The van der Waals surface area contributed by atoms with Crippen molar-refractivity contribution in [3.8, 4) is 43.8 Å². The summed E-state index contributed by atoms with van der Waals surface area (Å²) in [4.78, 5) is 103. The Morgan fingerprint density at radius 1 is 0.696 bits per heavy atom. The first kappa shape index (κ1) is 69.8. The average molecular weight is 1300 g/mol. The van der Waals surface area contributed by atoms with Crippen LogP contribution in [0.25, 0.3) is 32.3 Å². The van der Waals surface area contributed by atoms with Gasteiger partial charge >= 0.3 is 0 Å². The summed E-state index contributed by atoms with van der Waals surface area (Å²) in [5, 5.41) is 101. The zero-order valence-electron chi connectivity index (χ0n) is 51.1. The van der Waals surface area contributed by atoms with E-state index in [9.17, 15) is 69.3 Å². The Hall–Kier alpha value is -8.07. The number of aromatic nitrogens is 2. The van der Waals surface area contributed by atoms with Gasteiger partial charge in [-0.3, -0.25) is 33.6 Å². The highest BCUT2D eigenvalue weighted by Crippen LogP contribution is 2.33. The molecule has 92 heavy (non-hydrogen) atoms. The van der Waals surface area contributed by atoms with Gasteiger partial charge < -0.3 is 97.8 Å². The standard InChI is InChI=1S/C63H81N11O17S/c1-33-30-74-53(54(33)81)59(86)66-29-42(76)27-44(67-55(82)39-12-16-41(17-13-39)61-72-71-60(92-61)40-14-10-38(11-15-40)37-8-5-35(6-9-37)32-90-24-23-89-3)56(83)68-50(34(2)75)62(87)73-31-43(77)28-45(73)57(84)69-51(58(85)70-52(63(74)88)47(79)19-21-65)48(80)25-36-7-18-46(78)49(26-36)91-22-4-20-64/h5-18,26,33-34,42-45,47-48,50-54,75-81H,4,19-25,27-32,64-65H2,1-3H3,(H,66,86)(H,67,82)(H,68,83)(H,69,84)(H,70,85)/t33-,34+,42+,43+,44?,45-,47+,48+,50-,51-,52-,53-,54-/m0/s1. The first-order valence-electron chi connectivity index (χ1n) is 30.3. The van der Waals surface area contributed by atoms with Gasteiger partial charge in [-0.25, -0.2) is 0 Å². The summed E-state index contributed by atoms with van der Waals surface area (Å²) < 4.78 is 16.3. The monoisotopic (exact) mass is 1300 g/mol. The number of ether oxygens (including phenoxy) is 3. The second-order valence-corrected chi connectivity index (χ2v) is 24.2. The van der Waals surface area contributed by atoms with Crippen molar-refractivity contribution in [1.29, 1.82) is 0 Å². The minimum Gasteiger partial charge on any atom is -0.504 e. The fraction of sp³-hybridized carbons (Fsp3) is 0.476. The van der Waals surface area contributed by atoms with Gasteiger partial charge in [0.2, 0.25) is 35.4 Å². The molecule has 29 heteroatoms. The number of carbonyl (C=O) groups is 7. The number of benzene rings is 4. The quantitative estimate of drug-likeness (QED) is 0.0369. The van der Waals surface area contributed by atoms with Crippen molar-refractivity contribution < 1.29 is 83.5 Å². The summed E-state index contributed by atoms with van der Waals surface area (Å²) in [5.41, 5.74) is 16.2. The number of hydrogen-bond donors (Lipinski definition) is 14. The molecule has 0 aliphatic carbocycles. The molecule has 496 valence electrons. The molecule has 3 fully saturated rings. The maximum absolute atomic E-state index is 14.7. The number of nitrogens with two attached hydrogens (primary N) is 2. The van der Waals surface area contributed by atoms with Crippen molar-refractivity contribution in [1.82, 2.24) is 46.6 Å². The van der Waals surface area contributed by atoms with Crippen LogP contribution < -0.4 is 42.8 Å². The average Bonchev–Trinajstić information content (AvgIpc) is 1.70. The van der Waals surface area contributed by atoms with Crippen LogP contribution in [0.15, 0.2) is 91.0 Å².